The second-order valence-electron chi connectivity index (χ2n) is 6.88. The molecule has 1 aromatic rings. The number of nitrogens with one attached hydrogen (secondary N) is 2. The number of hydrogen-bond donors (Lipinski definition) is 2. The van der Waals surface area contributed by atoms with Gasteiger partial charge in [0.2, 0.25) is 0 Å². The summed E-state index contributed by atoms with van der Waals surface area (Å²) in [6.45, 7) is 5.28. The van der Waals surface area contributed by atoms with E-state index in [9.17, 15) is 14.4 Å². The maximum atomic E-state index is 12.8. The van der Waals surface area contributed by atoms with E-state index in [1.165, 1.54) is 7.11 Å². The number of urea groups is 1. The summed E-state index contributed by atoms with van der Waals surface area (Å²) in [5.41, 5.74) is 0.881. The van der Waals surface area contributed by atoms with Crippen molar-refractivity contribution in [3.8, 4) is 0 Å². The molecule has 7 heteroatoms. The van der Waals surface area contributed by atoms with Crippen LogP contribution in [0.25, 0.3) is 0 Å². The van der Waals surface area contributed by atoms with Gasteiger partial charge in [0.15, 0.2) is 0 Å². The number of carbonyl (C=O) groups excluding carboxylic acids is 3. The number of carbonyl (C=O) groups is 3. The Morgan fingerprint density at radius 3 is 2.44 bits per heavy atom. The standard InChI is InChI=1S/C20H29N3O4/c1-4-14(2)17(19(25)27-3)22-20(26)21-16-11-7-6-10-15(16)18(24)23-12-8-5-9-13-23/h6-7,10-11,14,17H,4-5,8-9,12-13H2,1-3H3,(H2,21,22,26)/t14-,17+/m1/s1. The van der Waals surface area contributed by atoms with Gasteiger partial charge >= 0.3 is 12.0 Å². The summed E-state index contributed by atoms with van der Waals surface area (Å²) in [5.74, 6) is -0.650. The van der Waals surface area contributed by atoms with Crippen LogP contribution in [-0.2, 0) is 9.53 Å². The van der Waals surface area contributed by atoms with Crippen molar-refractivity contribution in [2.75, 3.05) is 25.5 Å². The Kier molecular flexibility index (Phi) is 7.64. The highest BCUT2D eigenvalue weighted by atomic mass is 16.5. The Balaban J connectivity index is 2.11. The lowest BCUT2D eigenvalue weighted by Crippen LogP contribution is -2.47. The molecular formula is C20H29N3O4. The van der Waals surface area contributed by atoms with Crippen LogP contribution in [0.15, 0.2) is 24.3 Å². The number of benzene rings is 1. The maximum absolute atomic E-state index is 12.8. The van der Waals surface area contributed by atoms with Gasteiger partial charge in [-0.15, -0.1) is 0 Å². The molecule has 2 rings (SSSR count). The highest BCUT2D eigenvalue weighted by molar-refractivity contribution is 6.03. The minimum Gasteiger partial charge on any atom is -0.467 e. The number of hydrogen-bond acceptors (Lipinski definition) is 4. The Morgan fingerprint density at radius 1 is 1.15 bits per heavy atom. The molecule has 0 saturated carbocycles. The van der Waals surface area contributed by atoms with Crippen molar-refractivity contribution in [1.82, 2.24) is 10.2 Å². The zero-order valence-corrected chi connectivity index (χ0v) is 16.3. The Labute approximate surface area is 160 Å². The van der Waals surface area contributed by atoms with E-state index >= 15 is 0 Å². The number of esters is 1. The van der Waals surface area contributed by atoms with E-state index in [0.29, 0.717) is 17.7 Å². The van der Waals surface area contributed by atoms with E-state index in [1.807, 2.05) is 18.7 Å². The topological polar surface area (TPSA) is 87.7 Å². The van der Waals surface area contributed by atoms with Gasteiger partial charge in [0.05, 0.1) is 18.4 Å². The molecule has 7 nitrogen and oxygen atoms in total. The number of likely N-dealkylation sites (tertiary alicyclic amines) is 1. The van der Waals surface area contributed by atoms with Crippen LogP contribution in [0.3, 0.4) is 0 Å². The summed E-state index contributed by atoms with van der Waals surface area (Å²) in [4.78, 5) is 39.0. The fraction of sp³-hybridized carbons (Fsp3) is 0.550. The first-order valence-corrected chi connectivity index (χ1v) is 9.51. The van der Waals surface area contributed by atoms with Crippen LogP contribution in [0.4, 0.5) is 10.5 Å². The van der Waals surface area contributed by atoms with Crippen LogP contribution >= 0.6 is 0 Å². The van der Waals surface area contributed by atoms with Crippen molar-refractivity contribution in [2.24, 2.45) is 5.92 Å². The lowest BCUT2D eigenvalue weighted by atomic mass is 9.99. The molecule has 1 aromatic carbocycles. The van der Waals surface area contributed by atoms with E-state index in [-0.39, 0.29) is 11.8 Å². The van der Waals surface area contributed by atoms with Gasteiger partial charge in [0.1, 0.15) is 6.04 Å². The average Bonchev–Trinajstić information content (AvgIpc) is 2.71. The summed E-state index contributed by atoms with van der Waals surface area (Å²) in [7, 11) is 1.30. The Hall–Kier alpha value is -2.57. The third kappa shape index (κ3) is 5.45. The number of anilines is 1. The van der Waals surface area contributed by atoms with Crippen molar-refractivity contribution in [3.63, 3.8) is 0 Å². The van der Waals surface area contributed by atoms with Gasteiger partial charge in [0.25, 0.3) is 5.91 Å². The average molecular weight is 375 g/mol. The van der Waals surface area contributed by atoms with Crippen molar-refractivity contribution >= 4 is 23.6 Å². The molecule has 3 amide bonds. The van der Waals surface area contributed by atoms with Gasteiger partial charge < -0.3 is 20.3 Å². The minimum atomic E-state index is -0.745. The molecule has 1 aliphatic heterocycles. The molecule has 1 saturated heterocycles. The van der Waals surface area contributed by atoms with Gasteiger partial charge in [-0.2, -0.15) is 0 Å². The number of amides is 3. The smallest absolute Gasteiger partial charge is 0.328 e. The molecule has 0 unspecified atom stereocenters. The first kappa shape index (κ1) is 20.7. The van der Waals surface area contributed by atoms with Crippen LogP contribution < -0.4 is 10.6 Å². The number of nitrogens with zero attached hydrogens (tertiary/aromatic N) is 1. The fourth-order valence-electron chi connectivity index (χ4n) is 3.14. The van der Waals surface area contributed by atoms with Gasteiger partial charge in [-0.05, 0) is 37.3 Å². The number of ether oxygens (including phenoxy) is 1. The summed E-state index contributed by atoms with van der Waals surface area (Å²) >= 11 is 0. The summed E-state index contributed by atoms with van der Waals surface area (Å²) < 4.78 is 4.79. The predicted molar refractivity (Wildman–Crippen MR) is 104 cm³/mol. The monoisotopic (exact) mass is 375 g/mol. The molecule has 27 heavy (non-hydrogen) atoms. The van der Waals surface area contributed by atoms with E-state index < -0.39 is 18.0 Å². The molecule has 1 fully saturated rings. The Bertz CT molecular complexity index is 671. The molecule has 0 aliphatic carbocycles. The van der Waals surface area contributed by atoms with Crippen LogP contribution in [0.2, 0.25) is 0 Å². The van der Waals surface area contributed by atoms with Gasteiger partial charge in [0, 0.05) is 13.1 Å². The van der Waals surface area contributed by atoms with E-state index in [4.69, 9.17) is 4.74 Å². The number of para-hydroxylation sites is 1. The normalized spacial score (nSPS) is 16.2. The molecular weight excluding hydrogens is 346 g/mol. The predicted octanol–water partition coefficient (Wildman–Crippen LogP) is 3.02. The fourth-order valence-corrected chi connectivity index (χ4v) is 3.14. The van der Waals surface area contributed by atoms with E-state index in [0.717, 1.165) is 32.4 Å². The van der Waals surface area contributed by atoms with Crippen LogP contribution in [0.1, 0.15) is 49.9 Å². The number of piperidine rings is 1. The van der Waals surface area contributed by atoms with Gasteiger partial charge in [-0.25, -0.2) is 9.59 Å². The molecule has 2 atom stereocenters. The lowest BCUT2D eigenvalue weighted by molar-refractivity contribution is -0.144. The van der Waals surface area contributed by atoms with Crippen molar-refractivity contribution in [1.29, 1.82) is 0 Å². The highest BCUT2D eigenvalue weighted by Crippen LogP contribution is 2.20. The van der Waals surface area contributed by atoms with Crippen LogP contribution in [-0.4, -0.2) is 49.0 Å². The van der Waals surface area contributed by atoms with Gasteiger partial charge in [-0.3, -0.25) is 4.79 Å². The van der Waals surface area contributed by atoms with E-state index in [1.54, 1.807) is 24.3 Å². The summed E-state index contributed by atoms with van der Waals surface area (Å²) in [5, 5.41) is 5.38. The van der Waals surface area contributed by atoms with Crippen LogP contribution in [0.5, 0.6) is 0 Å². The molecule has 148 valence electrons. The SMILES string of the molecule is CC[C@@H](C)[C@H](NC(=O)Nc1ccccc1C(=O)N1CCCCC1)C(=O)OC. The first-order valence-electron chi connectivity index (χ1n) is 9.51. The second-order valence-corrected chi connectivity index (χ2v) is 6.88. The molecule has 2 N–H and O–H groups in total. The van der Waals surface area contributed by atoms with Gasteiger partial charge in [-0.1, -0.05) is 32.4 Å². The first-order chi connectivity index (χ1) is 13.0. The third-order valence-corrected chi connectivity index (χ3v) is 5.00. The van der Waals surface area contributed by atoms with Crippen LogP contribution in [0, 0.1) is 5.92 Å². The Morgan fingerprint density at radius 2 is 1.81 bits per heavy atom. The molecule has 1 heterocycles. The lowest BCUT2D eigenvalue weighted by Gasteiger charge is -2.27. The number of rotatable bonds is 6. The molecule has 0 spiro atoms. The molecule has 0 radical (unpaired) electrons. The molecule has 0 bridgehead atoms. The quantitative estimate of drug-likeness (QED) is 0.748. The molecule has 1 aliphatic rings. The van der Waals surface area contributed by atoms with Crippen molar-refractivity contribution in [2.45, 2.75) is 45.6 Å². The zero-order valence-electron chi connectivity index (χ0n) is 16.3. The summed E-state index contributed by atoms with van der Waals surface area (Å²) in [6, 6.07) is 5.65. The van der Waals surface area contributed by atoms with Crippen molar-refractivity contribution in [3.05, 3.63) is 29.8 Å². The number of methoxy groups -OCH3 is 1. The zero-order chi connectivity index (χ0) is 19.8. The molecule has 0 aromatic heterocycles. The van der Waals surface area contributed by atoms with Crippen molar-refractivity contribution < 1.29 is 19.1 Å². The summed E-state index contributed by atoms with van der Waals surface area (Å²) in [6.07, 6.45) is 3.84. The second kappa shape index (κ2) is 9.94. The van der Waals surface area contributed by atoms with E-state index in [2.05, 4.69) is 10.6 Å². The third-order valence-electron chi connectivity index (χ3n) is 5.00. The largest absolute Gasteiger partial charge is 0.467 e. The highest BCUT2D eigenvalue weighted by Gasteiger charge is 2.27. The minimum absolute atomic E-state index is 0.0755. The maximum Gasteiger partial charge on any atom is 0.328 e.